The summed E-state index contributed by atoms with van der Waals surface area (Å²) in [5, 5.41) is 3.27. The highest BCUT2D eigenvalue weighted by Gasteiger charge is 2.35. The molecular formula is C27H27N5O6S. The predicted octanol–water partition coefficient (Wildman–Crippen LogP) is 4.02. The fourth-order valence-electron chi connectivity index (χ4n) is 4.30. The summed E-state index contributed by atoms with van der Waals surface area (Å²) in [6.45, 7) is 0.431. The van der Waals surface area contributed by atoms with E-state index in [2.05, 4.69) is 20.0 Å². The van der Waals surface area contributed by atoms with Crippen LogP contribution in [0.5, 0.6) is 5.75 Å². The van der Waals surface area contributed by atoms with Crippen LogP contribution in [0.25, 0.3) is 10.9 Å². The van der Waals surface area contributed by atoms with Crippen LogP contribution in [0.2, 0.25) is 0 Å². The minimum atomic E-state index is -4.60. The van der Waals surface area contributed by atoms with Crippen molar-refractivity contribution in [1.29, 1.82) is 0 Å². The molecule has 5 rings (SSSR count). The Morgan fingerprint density at radius 2 is 1.79 bits per heavy atom. The van der Waals surface area contributed by atoms with Gasteiger partial charge in [-0.15, -0.1) is 9.53 Å². The Kier molecular flexibility index (Phi) is 6.66. The monoisotopic (exact) mass is 549 g/mol. The van der Waals surface area contributed by atoms with Crippen LogP contribution in [0.4, 0.5) is 16.3 Å². The number of aromatic nitrogens is 2. The van der Waals surface area contributed by atoms with Gasteiger partial charge in [-0.05, 0) is 36.4 Å². The molecule has 2 aromatic carbocycles. The number of rotatable bonds is 7. The smallest absolute Gasteiger partial charge is 0.413 e. The molecule has 0 spiro atoms. The van der Waals surface area contributed by atoms with Crippen LogP contribution in [0.1, 0.15) is 10.4 Å². The second kappa shape index (κ2) is 9.97. The predicted molar refractivity (Wildman–Crippen MR) is 147 cm³/mol. The zero-order valence-corrected chi connectivity index (χ0v) is 22.1. The summed E-state index contributed by atoms with van der Waals surface area (Å²) in [7, 11) is -3.19. The summed E-state index contributed by atoms with van der Waals surface area (Å²) in [5.74, 6) is 0.271. The van der Waals surface area contributed by atoms with Gasteiger partial charge in [0, 0.05) is 30.1 Å². The van der Waals surface area contributed by atoms with E-state index < -0.39 is 21.7 Å². The molecule has 3 N–H and O–H groups in total. The van der Waals surface area contributed by atoms with Crippen molar-refractivity contribution in [3.8, 4) is 5.75 Å². The van der Waals surface area contributed by atoms with Crippen LogP contribution < -0.4 is 14.8 Å². The van der Waals surface area contributed by atoms with Crippen molar-refractivity contribution in [2.45, 2.75) is 11.0 Å². The number of carbonyl (C=O) groups excluding carboxylic acids is 2. The number of carbonyl (C=O) groups is 2. The van der Waals surface area contributed by atoms with Gasteiger partial charge >= 0.3 is 6.09 Å². The lowest BCUT2D eigenvalue weighted by Gasteiger charge is -2.41. The average molecular weight is 550 g/mol. The lowest BCUT2D eigenvalue weighted by Crippen LogP contribution is -2.55. The van der Waals surface area contributed by atoms with Gasteiger partial charge in [-0.3, -0.25) is 24.4 Å². The van der Waals surface area contributed by atoms with E-state index in [1.54, 1.807) is 48.8 Å². The third-order valence-electron chi connectivity index (χ3n) is 6.21. The Morgan fingerprint density at radius 1 is 1.03 bits per heavy atom. The zero-order valence-electron chi connectivity index (χ0n) is 21.2. The summed E-state index contributed by atoms with van der Waals surface area (Å²) in [4.78, 5) is 35.1. The largest absolute Gasteiger partial charge is 0.496 e. The Labute approximate surface area is 224 Å². The van der Waals surface area contributed by atoms with E-state index in [4.69, 9.17) is 9.47 Å². The quantitative estimate of drug-likeness (QED) is 0.314. The zero-order chi connectivity index (χ0) is 27.6. The SMILES string of the molecule is COc1cc(NS(C)(=O)(O)c2cccc3cccnc23)ccc1C(=O)N1CC(OC(=O)Nc2ccccn2)C1. The van der Waals surface area contributed by atoms with E-state index in [1.165, 1.54) is 36.5 Å². The molecule has 0 aliphatic carbocycles. The molecule has 1 saturated heterocycles. The maximum atomic E-state index is 13.8. The van der Waals surface area contributed by atoms with E-state index in [1.807, 2.05) is 12.1 Å². The molecular weight excluding hydrogens is 522 g/mol. The Hall–Kier alpha value is -4.55. The van der Waals surface area contributed by atoms with Gasteiger partial charge in [-0.1, -0.05) is 24.3 Å². The maximum Gasteiger partial charge on any atom is 0.413 e. The number of amides is 2. The van der Waals surface area contributed by atoms with Crippen molar-refractivity contribution >= 4 is 43.9 Å². The van der Waals surface area contributed by atoms with Crippen molar-refractivity contribution in [3.05, 3.63) is 84.7 Å². The number of hydrogen-bond donors (Lipinski definition) is 3. The minimum Gasteiger partial charge on any atom is -0.496 e. The average Bonchev–Trinajstić information content (AvgIpc) is 2.89. The fraction of sp³-hybridized carbons (Fsp3) is 0.185. The van der Waals surface area contributed by atoms with E-state index in [0.717, 1.165) is 5.39 Å². The third kappa shape index (κ3) is 5.52. The van der Waals surface area contributed by atoms with Gasteiger partial charge in [0.25, 0.3) is 5.91 Å². The number of methoxy groups -OCH3 is 1. The lowest BCUT2D eigenvalue weighted by atomic mass is 10.1. The first-order valence-electron chi connectivity index (χ1n) is 12.0. The van der Waals surface area contributed by atoms with Crippen molar-refractivity contribution in [2.24, 2.45) is 0 Å². The van der Waals surface area contributed by atoms with Crippen LogP contribution in [0, 0.1) is 0 Å². The molecule has 12 heteroatoms. The summed E-state index contributed by atoms with van der Waals surface area (Å²) >= 11 is 0. The van der Waals surface area contributed by atoms with Gasteiger partial charge in [0.2, 0.25) is 0 Å². The molecule has 1 aliphatic heterocycles. The molecule has 0 atom stereocenters. The molecule has 1 aliphatic rings. The number of nitrogens with one attached hydrogen (secondary N) is 2. The number of para-hydroxylation sites is 1. The van der Waals surface area contributed by atoms with Crippen molar-refractivity contribution < 1.29 is 27.8 Å². The number of anilines is 2. The highest BCUT2D eigenvalue weighted by atomic mass is 32.3. The molecule has 2 amide bonds. The number of nitrogens with zero attached hydrogens (tertiary/aromatic N) is 3. The number of hydrogen-bond acceptors (Lipinski definition) is 7. The second-order valence-corrected chi connectivity index (χ2v) is 12.4. The van der Waals surface area contributed by atoms with Gasteiger partial charge in [0.1, 0.15) is 17.7 Å². The number of likely N-dealkylation sites (tertiary alicyclic amines) is 1. The van der Waals surface area contributed by atoms with Crippen LogP contribution in [-0.2, 0) is 14.3 Å². The summed E-state index contributed by atoms with van der Waals surface area (Å²) < 4.78 is 38.7. The van der Waals surface area contributed by atoms with Crippen molar-refractivity contribution in [2.75, 3.05) is 36.5 Å². The highest BCUT2D eigenvalue weighted by Crippen LogP contribution is 2.36. The second-order valence-electron chi connectivity index (χ2n) is 9.21. The number of benzene rings is 2. The normalized spacial score (nSPS) is 14.5. The molecule has 1 fully saturated rings. The van der Waals surface area contributed by atoms with Crippen LogP contribution in [-0.4, -0.2) is 68.2 Å². The van der Waals surface area contributed by atoms with Gasteiger partial charge in [0.15, 0.2) is 0 Å². The molecule has 202 valence electrons. The first-order chi connectivity index (χ1) is 18.6. The molecule has 4 aromatic rings. The maximum absolute atomic E-state index is 13.8. The topological polar surface area (TPSA) is 143 Å². The highest BCUT2D eigenvalue weighted by molar-refractivity contribution is 8.15. The van der Waals surface area contributed by atoms with Gasteiger partial charge in [-0.2, -0.15) is 4.21 Å². The third-order valence-corrected chi connectivity index (χ3v) is 8.29. The van der Waals surface area contributed by atoms with Crippen LogP contribution >= 0.6 is 0 Å². The first kappa shape index (κ1) is 26.1. The van der Waals surface area contributed by atoms with E-state index in [0.29, 0.717) is 11.3 Å². The number of fused-ring (bicyclic) bond motifs is 1. The standard InChI is InChI=1S/C27H27N5O6S/c1-37-22-15-19(31-39(2,35,36)23-9-5-7-18-8-6-14-29-25(18)23)11-12-21(22)26(33)32-16-20(17-32)38-27(34)30-24-10-3-4-13-28-24/h3-15,20H,16-17H2,1-2H3,(H,28,30,34)(H2,31,35,36). The van der Waals surface area contributed by atoms with Crippen molar-refractivity contribution in [1.82, 2.24) is 14.9 Å². The summed E-state index contributed by atoms with van der Waals surface area (Å²) in [5.41, 5.74) is 0.967. The fourth-order valence-corrected chi connectivity index (χ4v) is 6.12. The summed E-state index contributed by atoms with van der Waals surface area (Å²) in [6.07, 6.45) is 3.22. The molecule has 0 unspecified atom stereocenters. The van der Waals surface area contributed by atoms with Gasteiger partial charge in [0.05, 0.1) is 41.9 Å². The molecule has 39 heavy (non-hydrogen) atoms. The van der Waals surface area contributed by atoms with E-state index in [9.17, 15) is 18.4 Å². The molecule has 0 saturated carbocycles. The van der Waals surface area contributed by atoms with E-state index in [-0.39, 0.29) is 40.9 Å². The number of ether oxygens (including phenoxy) is 2. The Morgan fingerprint density at radius 3 is 2.54 bits per heavy atom. The van der Waals surface area contributed by atoms with Gasteiger partial charge in [-0.25, -0.2) is 9.78 Å². The molecule has 2 aromatic heterocycles. The van der Waals surface area contributed by atoms with Crippen LogP contribution in [0.15, 0.2) is 84.0 Å². The lowest BCUT2D eigenvalue weighted by molar-refractivity contribution is -0.00223. The van der Waals surface area contributed by atoms with Gasteiger partial charge < -0.3 is 14.4 Å². The molecule has 0 radical (unpaired) electrons. The number of pyridine rings is 2. The first-order valence-corrected chi connectivity index (χ1v) is 14.3. The Bertz CT molecular complexity index is 1610. The molecule has 3 heterocycles. The van der Waals surface area contributed by atoms with Crippen LogP contribution in [0.3, 0.4) is 0 Å². The minimum absolute atomic E-state index is 0.155. The van der Waals surface area contributed by atoms with Crippen molar-refractivity contribution in [3.63, 3.8) is 0 Å². The Balaban J connectivity index is 1.27. The molecule has 11 nitrogen and oxygen atoms in total. The van der Waals surface area contributed by atoms with E-state index >= 15 is 0 Å². The molecule has 0 bridgehead atoms. The summed E-state index contributed by atoms with van der Waals surface area (Å²) in [6, 6.07) is 18.3.